The van der Waals surface area contributed by atoms with Crippen LogP contribution in [0.3, 0.4) is 0 Å². The second-order valence-electron chi connectivity index (χ2n) is 4.91. The van der Waals surface area contributed by atoms with Gasteiger partial charge >= 0.3 is 0 Å². The largest absolute Gasteiger partial charge is 0.354 e. The van der Waals surface area contributed by atoms with Crippen molar-refractivity contribution < 1.29 is 0 Å². The number of benzene rings is 1. The Bertz CT molecular complexity index is 579. The average molecular weight is 276 g/mol. The maximum absolute atomic E-state index is 5.98. The van der Waals surface area contributed by atoms with Crippen LogP contribution in [-0.2, 0) is 6.54 Å². The van der Waals surface area contributed by atoms with Crippen molar-refractivity contribution in [1.29, 1.82) is 0 Å². The summed E-state index contributed by atoms with van der Waals surface area (Å²) in [5.74, 6) is 0.877. The van der Waals surface area contributed by atoms with E-state index in [4.69, 9.17) is 11.6 Å². The first-order valence-electron chi connectivity index (χ1n) is 6.25. The number of hydrogen-bond acceptors (Lipinski definition) is 3. The topological polar surface area (TPSA) is 29.0 Å². The van der Waals surface area contributed by atoms with E-state index in [1.54, 1.807) is 0 Å². The third-order valence-electron chi connectivity index (χ3n) is 3.34. The first kappa shape index (κ1) is 13.8. The Morgan fingerprint density at radius 1 is 1.00 bits per heavy atom. The van der Waals surface area contributed by atoms with Gasteiger partial charge in [-0.2, -0.15) is 0 Å². The van der Waals surface area contributed by atoms with Gasteiger partial charge < -0.3 is 4.90 Å². The molecule has 0 saturated carbocycles. The summed E-state index contributed by atoms with van der Waals surface area (Å²) in [6, 6.07) is 8.51. The molecule has 4 heteroatoms. The second-order valence-corrected chi connectivity index (χ2v) is 5.26. The summed E-state index contributed by atoms with van der Waals surface area (Å²) in [5, 5.41) is 8.66. The number of rotatable bonds is 3. The van der Waals surface area contributed by atoms with Gasteiger partial charge in [-0.25, -0.2) is 0 Å². The molecule has 0 saturated heterocycles. The van der Waals surface area contributed by atoms with Gasteiger partial charge in [0.15, 0.2) is 11.0 Å². The maximum atomic E-state index is 5.98. The Hall–Kier alpha value is -1.61. The molecule has 0 amide bonds. The smallest absolute Gasteiger partial charge is 0.155 e. The number of aromatic nitrogens is 2. The Morgan fingerprint density at radius 2 is 1.63 bits per heavy atom. The molecule has 1 heterocycles. The fourth-order valence-corrected chi connectivity index (χ4v) is 2.15. The van der Waals surface area contributed by atoms with Crippen LogP contribution in [0.1, 0.15) is 22.3 Å². The SMILES string of the molecule is Cc1ccc(CN(C)c2nnc(Cl)c(C)c2C)cc1. The summed E-state index contributed by atoms with van der Waals surface area (Å²) in [6.45, 7) is 6.88. The molecular formula is C15H18ClN3. The van der Waals surface area contributed by atoms with Crippen LogP contribution in [0.5, 0.6) is 0 Å². The van der Waals surface area contributed by atoms with Crippen molar-refractivity contribution in [3.8, 4) is 0 Å². The average Bonchev–Trinajstić information content (AvgIpc) is 2.39. The summed E-state index contributed by atoms with van der Waals surface area (Å²) in [5.41, 5.74) is 4.59. The molecule has 0 aliphatic heterocycles. The normalized spacial score (nSPS) is 10.6. The van der Waals surface area contributed by atoms with E-state index in [-0.39, 0.29) is 0 Å². The molecule has 0 radical (unpaired) electrons. The fourth-order valence-electron chi connectivity index (χ4n) is 1.97. The van der Waals surface area contributed by atoms with Crippen LogP contribution in [0.15, 0.2) is 24.3 Å². The van der Waals surface area contributed by atoms with Crippen LogP contribution in [0.2, 0.25) is 5.15 Å². The maximum Gasteiger partial charge on any atom is 0.155 e. The van der Waals surface area contributed by atoms with E-state index in [1.807, 2.05) is 20.9 Å². The Balaban J connectivity index is 2.23. The van der Waals surface area contributed by atoms with Crippen LogP contribution >= 0.6 is 11.6 Å². The summed E-state index contributed by atoms with van der Waals surface area (Å²) >= 11 is 5.98. The molecule has 0 aliphatic carbocycles. The molecule has 1 aromatic carbocycles. The van der Waals surface area contributed by atoms with E-state index >= 15 is 0 Å². The molecule has 0 atom stereocenters. The van der Waals surface area contributed by atoms with Gasteiger partial charge in [-0.15, -0.1) is 10.2 Å². The number of aryl methyl sites for hydroxylation is 1. The molecule has 2 aromatic rings. The zero-order valence-electron chi connectivity index (χ0n) is 11.7. The summed E-state index contributed by atoms with van der Waals surface area (Å²) in [6.07, 6.45) is 0. The predicted molar refractivity (Wildman–Crippen MR) is 79.8 cm³/mol. The lowest BCUT2D eigenvalue weighted by atomic mass is 10.1. The standard InChI is InChI=1S/C15H18ClN3/c1-10-5-7-13(8-6-10)9-19(4)15-12(3)11(2)14(16)17-18-15/h5-8H,9H2,1-4H3. The van der Waals surface area contributed by atoms with E-state index in [2.05, 4.69) is 46.3 Å². The predicted octanol–water partition coefficient (Wildman–Crippen LogP) is 3.69. The van der Waals surface area contributed by atoms with Gasteiger partial charge in [-0.05, 0) is 37.5 Å². The first-order chi connectivity index (χ1) is 8.99. The van der Waals surface area contributed by atoms with Gasteiger partial charge in [-0.3, -0.25) is 0 Å². The molecule has 0 fully saturated rings. The minimum absolute atomic E-state index is 0.477. The van der Waals surface area contributed by atoms with Crippen LogP contribution in [0.4, 0.5) is 5.82 Å². The van der Waals surface area contributed by atoms with Gasteiger partial charge in [0.1, 0.15) is 0 Å². The molecule has 0 spiro atoms. The Morgan fingerprint density at radius 3 is 2.26 bits per heavy atom. The van der Waals surface area contributed by atoms with Crippen LogP contribution in [0, 0.1) is 20.8 Å². The lowest BCUT2D eigenvalue weighted by Gasteiger charge is -2.20. The van der Waals surface area contributed by atoms with Gasteiger partial charge in [-0.1, -0.05) is 41.4 Å². The van der Waals surface area contributed by atoms with E-state index < -0.39 is 0 Å². The van der Waals surface area contributed by atoms with Crippen molar-refractivity contribution in [3.63, 3.8) is 0 Å². The molecule has 1 aromatic heterocycles. The lowest BCUT2D eigenvalue weighted by molar-refractivity contribution is 0.852. The van der Waals surface area contributed by atoms with Crippen LogP contribution in [-0.4, -0.2) is 17.2 Å². The molecule has 100 valence electrons. The lowest BCUT2D eigenvalue weighted by Crippen LogP contribution is -2.20. The quantitative estimate of drug-likeness (QED) is 0.855. The number of halogens is 1. The van der Waals surface area contributed by atoms with Crippen molar-refractivity contribution in [3.05, 3.63) is 51.7 Å². The zero-order chi connectivity index (χ0) is 14.0. The number of nitrogens with zero attached hydrogens (tertiary/aromatic N) is 3. The zero-order valence-corrected chi connectivity index (χ0v) is 12.5. The van der Waals surface area contributed by atoms with Gasteiger partial charge in [0.2, 0.25) is 0 Å². The monoisotopic (exact) mass is 275 g/mol. The summed E-state index contributed by atoms with van der Waals surface area (Å²) in [7, 11) is 2.02. The van der Waals surface area contributed by atoms with Crippen molar-refractivity contribution in [1.82, 2.24) is 10.2 Å². The van der Waals surface area contributed by atoms with Crippen LogP contribution < -0.4 is 4.90 Å². The highest BCUT2D eigenvalue weighted by Crippen LogP contribution is 2.23. The summed E-state index contributed by atoms with van der Waals surface area (Å²) < 4.78 is 0. The molecule has 19 heavy (non-hydrogen) atoms. The van der Waals surface area contributed by atoms with Crippen molar-refractivity contribution in [2.75, 3.05) is 11.9 Å². The highest BCUT2D eigenvalue weighted by atomic mass is 35.5. The van der Waals surface area contributed by atoms with Crippen molar-refractivity contribution in [2.24, 2.45) is 0 Å². The number of hydrogen-bond donors (Lipinski definition) is 0. The minimum atomic E-state index is 0.477. The molecule has 0 bridgehead atoms. The number of anilines is 1. The third kappa shape index (κ3) is 3.04. The molecule has 0 unspecified atom stereocenters. The Kier molecular flexibility index (Phi) is 4.05. The van der Waals surface area contributed by atoms with Gasteiger partial charge in [0, 0.05) is 13.6 Å². The van der Waals surface area contributed by atoms with Crippen molar-refractivity contribution in [2.45, 2.75) is 27.3 Å². The van der Waals surface area contributed by atoms with Gasteiger partial charge in [0.25, 0.3) is 0 Å². The minimum Gasteiger partial charge on any atom is -0.354 e. The first-order valence-corrected chi connectivity index (χ1v) is 6.63. The fraction of sp³-hybridized carbons (Fsp3) is 0.333. The van der Waals surface area contributed by atoms with E-state index in [9.17, 15) is 0 Å². The molecule has 2 rings (SSSR count). The van der Waals surface area contributed by atoms with E-state index in [0.29, 0.717) is 5.15 Å². The second kappa shape index (κ2) is 5.57. The Labute approximate surface area is 119 Å². The summed E-state index contributed by atoms with van der Waals surface area (Å²) in [4.78, 5) is 2.09. The highest BCUT2D eigenvalue weighted by molar-refractivity contribution is 6.30. The van der Waals surface area contributed by atoms with Crippen molar-refractivity contribution >= 4 is 17.4 Å². The van der Waals surface area contributed by atoms with Gasteiger partial charge in [0.05, 0.1) is 0 Å². The third-order valence-corrected chi connectivity index (χ3v) is 3.70. The molecular weight excluding hydrogens is 258 g/mol. The molecule has 0 N–H and O–H groups in total. The van der Waals surface area contributed by atoms with E-state index in [1.165, 1.54) is 11.1 Å². The van der Waals surface area contributed by atoms with E-state index in [0.717, 1.165) is 23.5 Å². The molecule has 3 nitrogen and oxygen atoms in total. The molecule has 0 aliphatic rings. The van der Waals surface area contributed by atoms with Crippen LogP contribution in [0.25, 0.3) is 0 Å². The highest BCUT2D eigenvalue weighted by Gasteiger charge is 2.12.